The van der Waals surface area contributed by atoms with Gasteiger partial charge in [0.05, 0.1) is 17.9 Å². The summed E-state index contributed by atoms with van der Waals surface area (Å²) in [5.74, 6) is 0.655. The molecular formula is C38H70N2O2. The first-order chi connectivity index (χ1) is 20.6. The average Bonchev–Trinajstić information content (AvgIpc) is 2.98. The Bertz CT molecular complexity index is 764. The highest BCUT2D eigenvalue weighted by Crippen LogP contribution is 2.32. The van der Waals surface area contributed by atoms with Gasteiger partial charge in [-0.15, -0.1) is 0 Å². The van der Waals surface area contributed by atoms with E-state index in [2.05, 4.69) is 13.8 Å². The molecule has 244 valence electrons. The number of carbonyl (C=O) groups excluding carboxylic acids is 1. The minimum absolute atomic E-state index is 0.0509. The summed E-state index contributed by atoms with van der Waals surface area (Å²) in [5, 5.41) is 0. The largest absolute Gasteiger partial charge is 0.491 e. The molecule has 0 saturated carbocycles. The molecule has 0 unspecified atom stereocenters. The molecule has 4 nitrogen and oxygen atoms in total. The van der Waals surface area contributed by atoms with Crippen molar-refractivity contribution >= 4 is 17.2 Å². The molecule has 4 N–H and O–H groups in total. The first-order valence-electron chi connectivity index (χ1n) is 18.5. The number of hydrogen-bond acceptors (Lipinski definition) is 4. The van der Waals surface area contributed by atoms with E-state index in [0.717, 1.165) is 19.3 Å². The Morgan fingerprint density at radius 2 is 0.881 bits per heavy atom. The number of hydrogen-bond donors (Lipinski definition) is 2. The van der Waals surface area contributed by atoms with Crippen LogP contribution in [-0.2, 0) is 0 Å². The van der Waals surface area contributed by atoms with Gasteiger partial charge >= 0.3 is 0 Å². The average molecular weight is 587 g/mol. The Morgan fingerprint density at radius 3 is 1.29 bits per heavy atom. The molecular weight excluding hydrogens is 516 g/mol. The molecule has 1 rings (SSSR count). The highest BCUT2D eigenvalue weighted by Gasteiger charge is 2.17. The molecule has 0 spiro atoms. The van der Waals surface area contributed by atoms with Gasteiger partial charge in [0, 0.05) is 12.1 Å². The first kappa shape index (κ1) is 38.3. The van der Waals surface area contributed by atoms with Crippen molar-refractivity contribution in [2.75, 3.05) is 18.1 Å². The summed E-state index contributed by atoms with van der Waals surface area (Å²) in [5.41, 5.74) is 13.9. The summed E-state index contributed by atoms with van der Waals surface area (Å²) in [6, 6.07) is 3.59. The van der Waals surface area contributed by atoms with Crippen LogP contribution < -0.4 is 16.2 Å². The van der Waals surface area contributed by atoms with Gasteiger partial charge in [0.2, 0.25) is 0 Å². The molecule has 0 bridgehead atoms. The molecule has 0 amide bonds. The monoisotopic (exact) mass is 587 g/mol. The Labute approximate surface area is 261 Å². The SMILES string of the molecule is CCCCCCCCCCCCCCCCOc1ccc(N)c(C(=O)CCCCCCCCCCCCCCC)c1N. The van der Waals surface area contributed by atoms with Crippen LogP contribution in [0.1, 0.15) is 204 Å². The van der Waals surface area contributed by atoms with Crippen molar-refractivity contribution in [3.8, 4) is 5.75 Å². The number of Topliss-reactive ketones (excluding diaryl/α,β-unsaturated/α-hetero) is 1. The van der Waals surface area contributed by atoms with Gasteiger partial charge in [0.15, 0.2) is 5.78 Å². The lowest BCUT2D eigenvalue weighted by Crippen LogP contribution is -2.10. The van der Waals surface area contributed by atoms with Crippen LogP contribution in [-0.4, -0.2) is 12.4 Å². The Hall–Kier alpha value is -1.71. The van der Waals surface area contributed by atoms with Crippen molar-refractivity contribution in [1.29, 1.82) is 0 Å². The minimum Gasteiger partial charge on any atom is -0.491 e. The Balaban J connectivity index is 2.09. The van der Waals surface area contributed by atoms with Gasteiger partial charge in [-0.2, -0.15) is 0 Å². The smallest absolute Gasteiger partial charge is 0.167 e. The van der Waals surface area contributed by atoms with Gasteiger partial charge in [0.25, 0.3) is 0 Å². The molecule has 42 heavy (non-hydrogen) atoms. The fourth-order valence-corrected chi connectivity index (χ4v) is 5.96. The van der Waals surface area contributed by atoms with Crippen molar-refractivity contribution < 1.29 is 9.53 Å². The van der Waals surface area contributed by atoms with Crippen LogP contribution in [0, 0.1) is 0 Å². The number of ketones is 1. The third-order valence-corrected chi connectivity index (χ3v) is 8.78. The summed E-state index contributed by atoms with van der Waals surface area (Å²) in [6.45, 7) is 5.19. The highest BCUT2D eigenvalue weighted by atomic mass is 16.5. The van der Waals surface area contributed by atoms with Crippen molar-refractivity contribution in [3.05, 3.63) is 17.7 Å². The summed E-state index contributed by atoms with van der Waals surface area (Å²) in [7, 11) is 0. The number of nitrogens with two attached hydrogens (primary N) is 2. The van der Waals surface area contributed by atoms with Crippen molar-refractivity contribution in [1.82, 2.24) is 0 Å². The van der Waals surface area contributed by atoms with E-state index in [1.165, 1.54) is 154 Å². The van der Waals surface area contributed by atoms with Gasteiger partial charge in [-0.05, 0) is 25.0 Å². The lowest BCUT2D eigenvalue weighted by atomic mass is 9.99. The zero-order valence-electron chi connectivity index (χ0n) is 28.1. The second-order valence-electron chi connectivity index (χ2n) is 12.8. The fourth-order valence-electron chi connectivity index (χ4n) is 5.96. The standard InChI is InChI=1S/C38H70N2O2/c1-3-5-7-9-11-13-15-17-19-21-23-25-27-29-33-42-36-32-31-34(39)37(38(36)40)35(41)30-28-26-24-22-20-18-16-14-12-10-8-6-4-2/h31-32H,3-30,33,39-40H2,1-2H3. The van der Waals surface area contributed by atoms with Crippen LogP contribution in [0.15, 0.2) is 12.1 Å². The van der Waals surface area contributed by atoms with Crippen molar-refractivity contribution in [3.63, 3.8) is 0 Å². The molecule has 0 radical (unpaired) electrons. The molecule has 0 aliphatic carbocycles. The number of benzene rings is 1. The zero-order valence-corrected chi connectivity index (χ0v) is 28.1. The van der Waals surface area contributed by atoms with Crippen LogP contribution >= 0.6 is 0 Å². The second-order valence-corrected chi connectivity index (χ2v) is 12.8. The van der Waals surface area contributed by atoms with Gasteiger partial charge in [-0.1, -0.05) is 174 Å². The first-order valence-corrected chi connectivity index (χ1v) is 18.5. The fraction of sp³-hybridized carbons (Fsp3) is 0.816. The molecule has 1 aromatic carbocycles. The van der Waals surface area contributed by atoms with Crippen LogP contribution in [0.2, 0.25) is 0 Å². The summed E-state index contributed by atoms with van der Waals surface area (Å²) in [6.07, 6.45) is 36.1. The molecule has 0 aliphatic rings. The third kappa shape index (κ3) is 20.2. The number of ether oxygens (including phenoxy) is 1. The predicted octanol–water partition coefficient (Wildman–Crippen LogP) is 12.4. The van der Waals surface area contributed by atoms with E-state index in [0.29, 0.717) is 35.7 Å². The number of nitrogen functional groups attached to an aromatic ring is 2. The highest BCUT2D eigenvalue weighted by molar-refractivity contribution is 6.06. The van der Waals surface area contributed by atoms with E-state index >= 15 is 0 Å². The lowest BCUT2D eigenvalue weighted by Gasteiger charge is -2.14. The molecule has 0 aliphatic heterocycles. The molecule has 0 fully saturated rings. The van der Waals surface area contributed by atoms with Crippen molar-refractivity contribution in [2.24, 2.45) is 0 Å². The van der Waals surface area contributed by atoms with E-state index in [-0.39, 0.29) is 5.78 Å². The maximum atomic E-state index is 12.9. The maximum Gasteiger partial charge on any atom is 0.167 e. The molecule has 4 heteroatoms. The zero-order chi connectivity index (χ0) is 30.5. The van der Waals surface area contributed by atoms with Crippen LogP contribution in [0.4, 0.5) is 11.4 Å². The Morgan fingerprint density at radius 1 is 0.524 bits per heavy atom. The van der Waals surface area contributed by atoms with Crippen LogP contribution in [0.5, 0.6) is 5.75 Å². The number of rotatable bonds is 31. The maximum absolute atomic E-state index is 12.9. The van der Waals surface area contributed by atoms with Crippen LogP contribution in [0.25, 0.3) is 0 Å². The van der Waals surface area contributed by atoms with E-state index in [4.69, 9.17) is 16.2 Å². The summed E-state index contributed by atoms with van der Waals surface area (Å²) >= 11 is 0. The van der Waals surface area contributed by atoms with Gasteiger partial charge in [0.1, 0.15) is 5.75 Å². The quantitative estimate of drug-likeness (QED) is 0.0515. The molecule has 0 atom stereocenters. The normalized spacial score (nSPS) is 11.3. The third-order valence-electron chi connectivity index (χ3n) is 8.78. The van der Waals surface area contributed by atoms with E-state index in [9.17, 15) is 4.79 Å². The Kier molecular flexibility index (Phi) is 25.6. The topological polar surface area (TPSA) is 78.3 Å². The summed E-state index contributed by atoms with van der Waals surface area (Å²) in [4.78, 5) is 12.9. The van der Waals surface area contributed by atoms with E-state index < -0.39 is 0 Å². The number of carbonyl (C=O) groups is 1. The molecule has 0 heterocycles. The van der Waals surface area contributed by atoms with Gasteiger partial charge < -0.3 is 16.2 Å². The van der Waals surface area contributed by atoms with Crippen LogP contribution in [0.3, 0.4) is 0 Å². The summed E-state index contributed by atoms with van der Waals surface area (Å²) < 4.78 is 5.98. The lowest BCUT2D eigenvalue weighted by molar-refractivity contribution is 0.0980. The minimum atomic E-state index is 0.0509. The molecule has 1 aromatic rings. The van der Waals surface area contributed by atoms with E-state index in [1.54, 1.807) is 6.07 Å². The molecule has 0 aromatic heterocycles. The number of unbranched alkanes of at least 4 members (excludes halogenated alkanes) is 25. The second kappa shape index (κ2) is 28.1. The predicted molar refractivity (Wildman–Crippen MR) is 186 cm³/mol. The van der Waals surface area contributed by atoms with E-state index in [1.807, 2.05) is 6.07 Å². The number of anilines is 2. The molecule has 0 saturated heterocycles. The van der Waals surface area contributed by atoms with Gasteiger partial charge in [-0.3, -0.25) is 4.79 Å². The van der Waals surface area contributed by atoms with Gasteiger partial charge in [-0.25, -0.2) is 0 Å². The van der Waals surface area contributed by atoms with Crippen molar-refractivity contribution in [2.45, 2.75) is 194 Å².